The molecule has 0 atom stereocenters. The van der Waals surface area contributed by atoms with Crippen molar-refractivity contribution >= 4 is 17.5 Å². The summed E-state index contributed by atoms with van der Waals surface area (Å²) in [5.41, 5.74) is 0.566. The van der Waals surface area contributed by atoms with Gasteiger partial charge in [-0.1, -0.05) is 0 Å². The molecule has 0 amide bonds. The third-order valence-corrected chi connectivity index (χ3v) is 2.28. The van der Waals surface area contributed by atoms with Crippen molar-refractivity contribution in [3.8, 4) is 0 Å². The molecule has 7 heteroatoms. The van der Waals surface area contributed by atoms with Crippen LogP contribution in [0, 0.1) is 17.0 Å². The van der Waals surface area contributed by atoms with Gasteiger partial charge in [0.2, 0.25) is 0 Å². The first kappa shape index (κ1) is 13.9. The third kappa shape index (κ3) is 3.41. The zero-order valence-corrected chi connectivity index (χ0v) is 10.5. The van der Waals surface area contributed by atoms with E-state index < -0.39 is 4.92 Å². The summed E-state index contributed by atoms with van der Waals surface area (Å²) in [6, 6.07) is 1.42. The van der Waals surface area contributed by atoms with Crippen LogP contribution in [0.3, 0.4) is 0 Å². The SMILES string of the molecule is CCOC(=O)CN(C)c1ncc([N+](=O)[O-])cc1C. The molecule has 1 heterocycles. The topological polar surface area (TPSA) is 85.6 Å². The first-order valence-electron chi connectivity index (χ1n) is 5.43. The Bertz CT molecular complexity index is 462. The number of nitro groups is 1. The molecule has 0 unspecified atom stereocenters. The van der Waals surface area contributed by atoms with Gasteiger partial charge in [0.1, 0.15) is 18.6 Å². The second-order valence-electron chi connectivity index (χ2n) is 3.75. The first-order valence-corrected chi connectivity index (χ1v) is 5.43. The van der Waals surface area contributed by atoms with E-state index in [0.29, 0.717) is 18.0 Å². The quantitative estimate of drug-likeness (QED) is 0.446. The number of carbonyl (C=O) groups excluding carboxylic acids is 1. The molecule has 0 N–H and O–H groups in total. The van der Waals surface area contributed by atoms with Crippen LogP contribution in [0.5, 0.6) is 0 Å². The predicted octanol–water partition coefficient (Wildman–Crippen LogP) is 1.30. The lowest BCUT2D eigenvalue weighted by atomic mass is 10.2. The van der Waals surface area contributed by atoms with Gasteiger partial charge in [-0.25, -0.2) is 4.98 Å². The number of rotatable bonds is 5. The summed E-state index contributed by atoms with van der Waals surface area (Å²) in [6.07, 6.45) is 1.17. The molecule has 0 aliphatic rings. The number of esters is 1. The monoisotopic (exact) mass is 253 g/mol. The number of hydrogen-bond donors (Lipinski definition) is 0. The Hall–Kier alpha value is -2.18. The number of carbonyl (C=O) groups is 1. The molecule has 0 spiro atoms. The van der Waals surface area contributed by atoms with Gasteiger partial charge in [-0.15, -0.1) is 0 Å². The van der Waals surface area contributed by atoms with Crippen LogP contribution >= 0.6 is 0 Å². The van der Waals surface area contributed by atoms with Gasteiger partial charge in [-0.05, 0) is 19.4 Å². The van der Waals surface area contributed by atoms with Crippen molar-refractivity contribution in [3.05, 3.63) is 27.9 Å². The van der Waals surface area contributed by atoms with Crippen molar-refractivity contribution in [1.82, 2.24) is 4.98 Å². The number of anilines is 1. The normalized spacial score (nSPS) is 9.94. The van der Waals surface area contributed by atoms with Gasteiger partial charge in [0.25, 0.3) is 5.69 Å². The molecule has 18 heavy (non-hydrogen) atoms. The van der Waals surface area contributed by atoms with Gasteiger partial charge in [-0.3, -0.25) is 14.9 Å². The van der Waals surface area contributed by atoms with Crippen LogP contribution in [0.15, 0.2) is 12.3 Å². The lowest BCUT2D eigenvalue weighted by molar-refractivity contribution is -0.385. The van der Waals surface area contributed by atoms with Crippen molar-refractivity contribution in [2.24, 2.45) is 0 Å². The lowest BCUT2D eigenvalue weighted by Crippen LogP contribution is -2.28. The van der Waals surface area contributed by atoms with E-state index in [1.54, 1.807) is 25.8 Å². The molecule has 1 aromatic rings. The van der Waals surface area contributed by atoms with Gasteiger partial charge >= 0.3 is 5.97 Å². The Labute approximate surface area is 105 Å². The number of likely N-dealkylation sites (N-methyl/N-ethyl adjacent to an activating group) is 1. The fourth-order valence-corrected chi connectivity index (χ4v) is 1.53. The summed E-state index contributed by atoms with van der Waals surface area (Å²) in [5, 5.41) is 10.6. The molecule has 0 bridgehead atoms. The highest BCUT2D eigenvalue weighted by Gasteiger charge is 2.14. The van der Waals surface area contributed by atoms with E-state index in [0.717, 1.165) is 0 Å². The van der Waals surface area contributed by atoms with Crippen molar-refractivity contribution in [2.75, 3.05) is 25.1 Å². The summed E-state index contributed by atoms with van der Waals surface area (Å²) in [7, 11) is 1.68. The molecule has 0 saturated heterocycles. The molecule has 0 aliphatic heterocycles. The van der Waals surface area contributed by atoms with Crippen LogP contribution in [0.2, 0.25) is 0 Å². The molecule has 0 fully saturated rings. The van der Waals surface area contributed by atoms with Gasteiger partial charge in [-0.2, -0.15) is 0 Å². The Morgan fingerprint density at radius 3 is 2.78 bits per heavy atom. The van der Waals surface area contributed by atoms with E-state index in [9.17, 15) is 14.9 Å². The largest absolute Gasteiger partial charge is 0.465 e. The zero-order chi connectivity index (χ0) is 13.7. The smallest absolute Gasteiger partial charge is 0.325 e. The lowest BCUT2D eigenvalue weighted by Gasteiger charge is -2.18. The van der Waals surface area contributed by atoms with Gasteiger partial charge < -0.3 is 9.64 Å². The number of nitrogens with zero attached hydrogens (tertiary/aromatic N) is 3. The number of aryl methyl sites for hydroxylation is 1. The first-order chi connectivity index (χ1) is 8.45. The van der Waals surface area contributed by atoms with Gasteiger partial charge in [0.05, 0.1) is 11.5 Å². The van der Waals surface area contributed by atoms with Crippen LogP contribution in [-0.4, -0.2) is 36.1 Å². The molecule has 0 aromatic carbocycles. The predicted molar refractivity (Wildman–Crippen MR) is 65.5 cm³/mol. The maximum absolute atomic E-state index is 11.3. The average molecular weight is 253 g/mol. The minimum atomic E-state index is -0.505. The number of pyridine rings is 1. The van der Waals surface area contributed by atoms with E-state index in [1.807, 2.05) is 0 Å². The summed E-state index contributed by atoms with van der Waals surface area (Å²) in [5.74, 6) is 0.160. The highest BCUT2D eigenvalue weighted by atomic mass is 16.6. The molecule has 1 rings (SSSR count). The van der Waals surface area contributed by atoms with Gasteiger partial charge in [0.15, 0.2) is 0 Å². The fraction of sp³-hybridized carbons (Fsp3) is 0.455. The number of aromatic nitrogens is 1. The van der Waals surface area contributed by atoms with Crippen molar-refractivity contribution < 1.29 is 14.5 Å². The highest BCUT2D eigenvalue weighted by molar-refractivity contribution is 5.75. The summed E-state index contributed by atoms with van der Waals surface area (Å²) in [4.78, 5) is 27.0. The molecule has 7 nitrogen and oxygen atoms in total. The standard InChI is InChI=1S/C11H15N3O4/c1-4-18-10(15)7-13(3)11-8(2)5-9(6-12-11)14(16)17/h5-6H,4,7H2,1-3H3. The fourth-order valence-electron chi connectivity index (χ4n) is 1.53. The Morgan fingerprint density at radius 1 is 1.61 bits per heavy atom. The van der Waals surface area contributed by atoms with Crippen molar-refractivity contribution in [3.63, 3.8) is 0 Å². The summed E-state index contributed by atoms with van der Waals surface area (Å²) in [6.45, 7) is 3.81. The summed E-state index contributed by atoms with van der Waals surface area (Å²) >= 11 is 0. The van der Waals surface area contributed by atoms with E-state index in [1.165, 1.54) is 12.3 Å². The van der Waals surface area contributed by atoms with Gasteiger partial charge in [0, 0.05) is 13.1 Å². The second kappa shape index (κ2) is 5.95. The maximum Gasteiger partial charge on any atom is 0.325 e. The molecule has 0 aliphatic carbocycles. The number of ether oxygens (including phenoxy) is 1. The van der Waals surface area contributed by atoms with Crippen LogP contribution in [0.25, 0.3) is 0 Å². The third-order valence-electron chi connectivity index (χ3n) is 2.28. The van der Waals surface area contributed by atoms with E-state index >= 15 is 0 Å². The molecule has 1 aromatic heterocycles. The maximum atomic E-state index is 11.3. The molecule has 0 saturated carbocycles. The van der Waals surface area contributed by atoms with Crippen LogP contribution in [0.4, 0.5) is 11.5 Å². The van der Waals surface area contributed by atoms with Crippen molar-refractivity contribution in [1.29, 1.82) is 0 Å². The minimum absolute atomic E-state index is 0.0551. The molecule has 0 radical (unpaired) electrons. The number of hydrogen-bond acceptors (Lipinski definition) is 6. The zero-order valence-electron chi connectivity index (χ0n) is 10.5. The van der Waals surface area contributed by atoms with Crippen LogP contribution in [-0.2, 0) is 9.53 Å². The van der Waals surface area contributed by atoms with Crippen molar-refractivity contribution in [2.45, 2.75) is 13.8 Å². The Balaban J connectivity index is 2.83. The molecular formula is C11H15N3O4. The summed E-state index contributed by atoms with van der Waals surface area (Å²) < 4.78 is 4.82. The average Bonchev–Trinajstić information content (AvgIpc) is 2.28. The van der Waals surface area contributed by atoms with E-state index in [-0.39, 0.29) is 18.2 Å². The second-order valence-corrected chi connectivity index (χ2v) is 3.75. The Kier molecular flexibility index (Phi) is 4.59. The highest BCUT2D eigenvalue weighted by Crippen LogP contribution is 2.20. The molecular weight excluding hydrogens is 238 g/mol. The van der Waals surface area contributed by atoms with E-state index in [4.69, 9.17) is 4.74 Å². The Morgan fingerprint density at radius 2 is 2.28 bits per heavy atom. The van der Waals surface area contributed by atoms with Crippen LogP contribution < -0.4 is 4.90 Å². The van der Waals surface area contributed by atoms with Crippen LogP contribution in [0.1, 0.15) is 12.5 Å². The molecule has 98 valence electrons. The minimum Gasteiger partial charge on any atom is -0.465 e. The van der Waals surface area contributed by atoms with E-state index in [2.05, 4.69) is 4.98 Å².